The number of carbonyl (C=O) groups excluding carboxylic acids is 2. The number of likely N-dealkylation sites (N-methyl/N-ethyl adjacent to an activating group) is 1. The minimum Gasteiger partial charge on any atom is -0.481 e. The van der Waals surface area contributed by atoms with E-state index < -0.39 is 18.0 Å². The number of amides is 3. The average Bonchev–Trinajstić information content (AvgIpc) is 2.25. The van der Waals surface area contributed by atoms with E-state index in [1.54, 1.807) is 6.92 Å². The zero-order valence-corrected chi connectivity index (χ0v) is 8.06. The summed E-state index contributed by atoms with van der Waals surface area (Å²) >= 11 is 0. The van der Waals surface area contributed by atoms with Crippen LogP contribution >= 0.6 is 0 Å². The fourth-order valence-corrected chi connectivity index (χ4v) is 1.42. The van der Waals surface area contributed by atoms with Gasteiger partial charge in [-0.2, -0.15) is 0 Å². The van der Waals surface area contributed by atoms with Crippen molar-refractivity contribution in [2.24, 2.45) is 0 Å². The van der Waals surface area contributed by atoms with E-state index >= 15 is 0 Å². The van der Waals surface area contributed by atoms with Gasteiger partial charge in [0.05, 0.1) is 6.42 Å². The van der Waals surface area contributed by atoms with Crippen LogP contribution in [0, 0.1) is 0 Å². The van der Waals surface area contributed by atoms with Gasteiger partial charge in [0.15, 0.2) is 0 Å². The second-order valence-electron chi connectivity index (χ2n) is 3.35. The summed E-state index contributed by atoms with van der Waals surface area (Å²) in [5.41, 5.74) is 0. The molecule has 1 fully saturated rings. The largest absolute Gasteiger partial charge is 0.481 e. The number of carboxylic acid groups (broad SMARTS) is 1. The molecular weight excluding hydrogens is 188 g/mol. The summed E-state index contributed by atoms with van der Waals surface area (Å²) in [5.74, 6) is -1.36. The molecule has 14 heavy (non-hydrogen) atoms. The lowest BCUT2D eigenvalue weighted by Gasteiger charge is -2.20. The van der Waals surface area contributed by atoms with Gasteiger partial charge in [-0.25, -0.2) is 4.79 Å². The Hall–Kier alpha value is -1.59. The third-order valence-corrected chi connectivity index (χ3v) is 2.08. The van der Waals surface area contributed by atoms with Crippen LogP contribution in [0.1, 0.15) is 13.3 Å². The fourth-order valence-electron chi connectivity index (χ4n) is 1.42. The van der Waals surface area contributed by atoms with E-state index in [0.717, 1.165) is 4.90 Å². The number of imide groups is 1. The molecule has 1 aliphatic rings. The van der Waals surface area contributed by atoms with Crippen LogP contribution < -0.4 is 0 Å². The zero-order chi connectivity index (χ0) is 10.9. The highest BCUT2D eigenvalue weighted by Crippen LogP contribution is 2.14. The maximum atomic E-state index is 11.4. The zero-order valence-electron chi connectivity index (χ0n) is 8.06. The van der Waals surface area contributed by atoms with Gasteiger partial charge in [-0.15, -0.1) is 0 Å². The molecule has 0 saturated carbocycles. The third kappa shape index (κ3) is 1.84. The number of urea groups is 1. The van der Waals surface area contributed by atoms with E-state index in [0.29, 0.717) is 0 Å². The first-order chi connectivity index (χ1) is 6.43. The molecule has 0 bridgehead atoms. The molecule has 1 N–H and O–H groups in total. The maximum absolute atomic E-state index is 11.4. The minimum atomic E-state index is -1.02. The van der Waals surface area contributed by atoms with Crippen LogP contribution in [-0.4, -0.2) is 52.4 Å². The highest BCUT2D eigenvalue weighted by Gasteiger charge is 2.37. The Labute approximate surface area is 81.1 Å². The predicted octanol–water partition coefficient (Wildman–Crippen LogP) is -0.256. The van der Waals surface area contributed by atoms with Crippen LogP contribution in [-0.2, 0) is 9.59 Å². The van der Waals surface area contributed by atoms with Gasteiger partial charge in [-0.3, -0.25) is 14.5 Å². The predicted molar refractivity (Wildman–Crippen MR) is 46.6 cm³/mol. The van der Waals surface area contributed by atoms with E-state index in [1.807, 2.05) is 0 Å². The first kappa shape index (κ1) is 10.5. The number of nitrogens with zero attached hydrogens (tertiary/aromatic N) is 2. The van der Waals surface area contributed by atoms with Gasteiger partial charge >= 0.3 is 12.0 Å². The Morgan fingerprint density at radius 3 is 2.50 bits per heavy atom. The lowest BCUT2D eigenvalue weighted by Crippen LogP contribution is -2.40. The van der Waals surface area contributed by atoms with Crippen LogP contribution in [0.15, 0.2) is 0 Å². The molecule has 6 nitrogen and oxygen atoms in total. The van der Waals surface area contributed by atoms with Gasteiger partial charge in [0.25, 0.3) is 5.91 Å². The van der Waals surface area contributed by atoms with Crippen LogP contribution in [0.3, 0.4) is 0 Å². The second-order valence-corrected chi connectivity index (χ2v) is 3.35. The number of hydrogen-bond donors (Lipinski definition) is 1. The van der Waals surface area contributed by atoms with Crippen LogP contribution in [0.4, 0.5) is 4.79 Å². The Balaban J connectivity index is 2.72. The lowest BCUT2D eigenvalue weighted by molar-refractivity contribution is -0.138. The van der Waals surface area contributed by atoms with Crippen molar-refractivity contribution < 1.29 is 19.5 Å². The van der Waals surface area contributed by atoms with E-state index in [2.05, 4.69) is 0 Å². The van der Waals surface area contributed by atoms with Crippen molar-refractivity contribution in [2.75, 3.05) is 13.6 Å². The number of carboxylic acids is 1. The molecule has 0 aromatic carbocycles. The lowest BCUT2D eigenvalue weighted by atomic mass is 10.2. The molecule has 1 heterocycles. The average molecular weight is 200 g/mol. The summed E-state index contributed by atoms with van der Waals surface area (Å²) in [6, 6.07) is -1.01. The summed E-state index contributed by atoms with van der Waals surface area (Å²) < 4.78 is 0. The molecule has 1 rings (SSSR count). The van der Waals surface area contributed by atoms with Crippen molar-refractivity contribution >= 4 is 17.9 Å². The molecule has 1 atom stereocenters. The summed E-state index contributed by atoms with van der Waals surface area (Å²) in [6.45, 7) is 1.58. The van der Waals surface area contributed by atoms with Crippen molar-refractivity contribution in [3.05, 3.63) is 0 Å². The molecular formula is C8H12N2O4. The Kier molecular flexibility index (Phi) is 2.73. The van der Waals surface area contributed by atoms with Gasteiger partial charge < -0.3 is 10.0 Å². The van der Waals surface area contributed by atoms with E-state index in [1.165, 1.54) is 11.9 Å². The summed E-state index contributed by atoms with van der Waals surface area (Å²) in [6.07, 6.45) is -0.217. The van der Waals surface area contributed by atoms with Gasteiger partial charge in [0, 0.05) is 13.1 Å². The van der Waals surface area contributed by atoms with Crippen molar-refractivity contribution in [3.63, 3.8) is 0 Å². The number of carbonyl (C=O) groups is 3. The van der Waals surface area contributed by atoms with Crippen molar-refractivity contribution in [2.45, 2.75) is 19.4 Å². The molecule has 0 spiro atoms. The molecule has 0 aliphatic carbocycles. The quantitative estimate of drug-likeness (QED) is 0.637. The summed E-state index contributed by atoms with van der Waals surface area (Å²) in [7, 11) is 1.51. The molecule has 1 aliphatic heterocycles. The van der Waals surface area contributed by atoms with Crippen LogP contribution in [0.25, 0.3) is 0 Å². The van der Waals surface area contributed by atoms with Crippen LogP contribution in [0.5, 0.6) is 0 Å². The topological polar surface area (TPSA) is 77.9 Å². The number of hydrogen-bond acceptors (Lipinski definition) is 3. The van der Waals surface area contributed by atoms with Crippen molar-refractivity contribution in [1.29, 1.82) is 0 Å². The smallest absolute Gasteiger partial charge is 0.327 e. The first-order valence-corrected chi connectivity index (χ1v) is 4.22. The molecule has 6 heteroatoms. The Morgan fingerprint density at radius 1 is 1.57 bits per heavy atom. The van der Waals surface area contributed by atoms with E-state index in [9.17, 15) is 14.4 Å². The summed E-state index contributed by atoms with van der Waals surface area (Å²) in [4.78, 5) is 35.3. The van der Waals surface area contributed by atoms with Crippen molar-refractivity contribution in [3.8, 4) is 0 Å². The van der Waals surface area contributed by atoms with Gasteiger partial charge in [0.2, 0.25) is 0 Å². The van der Waals surface area contributed by atoms with Crippen molar-refractivity contribution in [1.82, 2.24) is 9.80 Å². The van der Waals surface area contributed by atoms with E-state index in [4.69, 9.17) is 5.11 Å². The summed E-state index contributed by atoms with van der Waals surface area (Å²) in [5, 5.41) is 8.52. The van der Waals surface area contributed by atoms with Gasteiger partial charge in [-0.1, -0.05) is 0 Å². The first-order valence-electron chi connectivity index (χ1n) is 4.22. The second kappa shape index (κ2) is 3.65. The number of rotatable bonds is 3. The molecule has 0 radical (unpaired) electrons. The molecule has 78 valence electrons. The molecule has 0 aromatic heterocycles. The fraction of sp³-hybridized carbons (Fsp3) is 0.625. The standard InChI is InChI=1S/C8H12N2O4/c1-5(3-7(12)13)10-6(11)4-9(2)8(10)14/h5H,3-4H2,1-2H3,(H,12,13). The highest BCUT2D eigenvalue weighted by molar-refractivity contribution is 6.02. The Morgan fingerprint density at radius 2 is 2.14 bits per heavy atom. The van der Waals surface area contributed by atoms with Gasteiger partial charge in [0.1, 0.15) is 6.54 Å². The normalized spacial score (nSPS) is 19.0. The molecule has 1 saturated heterocycles. The van der Waals surface area contributed by atoms with Gasteiger partial charge in [-0.05, 0) is 6.92 Å². The molecule has 3 amide bonds. The minimum absolute atomic E-state index is 0.0305. The van der Waals surface area contributed by atoms with E-state index in [-0.39, 0.29) is 18.9 Å². The third-order valence-electron chi connectivity index (χ3n) is 2.08. The SMILES string of the molecule is CC(CC(=O)O)N1C(=O)CN(C)C1=O. The number of aliphatic carboxylic acids is 1. The van der Waals surface area contributed by atoms with Crippen LogP contribution in [0.2, 0.25) is 0 Å². The molecule has 0 aromatic rings. The maximum Gasteiger partial charge on any atom is 0.327 e. The highest BCUT2D eigenvalue weighted by atomic mass is 16.4. The monoisotopic (exact) mass is 200 g/mol. The Bertz CT molecular complexity index is 289. The molecule has 1 unspecified atom stereocenters.